The number of nitrogens with zero attached hydrogens (tertiary/aromatic N) is 1. The zero-order valence-corrected chi connectivity index (χ0v) is 12.1. The van der Waals surface area contributed by atoms with Crippen molar-refractivity contribution < 1.29 is 9.18 Å². The number of carbonyl (C=O) groups excluding carboxylic acids is 1. The van der Waals surface area contributed by atoms with Crippen LogP contribution in [0.1, 0.15) is 25.3 Å². The van der Waals surface area contributed by atoms with Crippen LogP contribution in [0.5, 0.6) is 0 Å². The molecule has 1 rings (SSSR count). The lowest BCUT2D eigenvalue weighted by molar-refractivity contribution is -0.117. The van der Waals surface area contributed by atoms with Crippen LogP contribution >= 0.6 is 15.9 Å². The first-order chi connectivity index (χ1) is 9.08. The van der Waals surface area contributed by atoms with Crippen molar-refractivity contribution in [1.29, 1.82) is 5.26 Å². The SMILES string of the molecule is CCCCNC(=O)/C(C#N)=C\c1cc(Br)ccc1F. The molecule has 0 saturated heterocycles. The lowest BCUT2D eigenvalue weighted by atomic mass is 10.1. The van der Waals surface area contributed by atoms with Crippen LogP contribution in [0, 0.1) is 17.1 Å². The molecule has 0 unspecified atom stereocenters. The summed E-state index contributed by atoms with van der Waals surface area (Å²) < 4.78 is 14.2. The first-order valence-electron chi connectivity index (χ1n) is 5.93. The summed E-state index contributed by atoms with van der Waals surface area (Å²) >= 11 is 3.22. The van der Waals surface area contributed by atoms with Crippen LogP contribution in [0.15, 0.2) is 28.2 Å². The molecule has 0 fully saturated rings. The normalized spacial score (nSPS) is 10.9. The highest BCUT2D eigenvalue weighted by molar-refractivity contribution is 9.10. The smallest absolute Gasteiger partial charge is 0.261 e. The number of hydrogen-bond acceptors (Lipinski definition) is 2. The zero-order valence-electron chi connectivity index (χ0n) is 10.5. The fourth-order valence-electron chi connectivity index (χ4n) is 1.40. The van der Waals surface area contributed by atoms with Gasteiger partial charge in [-0.15, -0.1) is 0 Å². The van der Waals surface area contributed by atoms with E-state index in [1.807, 2.05) is 6.92 Å². The summed E-state index contributed by atoms with van der Waals surface area (Å²) in [7, 11) is 0. The van der Waals surface area contributed by atoms with Crippen LogP contribution in [0.3, 0.4) is 0 Å². The van der Waals surface area contributed by atoms with Crippen molar-refractivity contribution >= 4 is 27.9 Å². The van der Waals surface area contributed by atoms with Gasteiger partial charge in [0.15, 0.2) is 0 Å². The van der Waals surface area contributed by atoms with E-state index in [0.29, 0.717) is 11.0 Å². The van der Waals surface area contributed by atoms with Crippen LogP contribution in [0.4, 0.5) is 4.39 Å². The molecule has 5 heteroatoms. The van der Waals surface area contributed by atoms with Crippen molar-refractivity contribution in [1.82, 2.24) is 5.32 Å². The molecule has 0 radical (unpaired) electrons. The van der Waals surface area contributed by atoms with Crippen molar-refractivity contribution in [2.75, 3.05) is 6.54 Å². The fraction of sp³-hybridized carbons (Fsp3) is 0.286. The Balaban J connectivity index is 2.90. The third-order valence-electron chi connectivity index (χ3n) is 2.44. The van der Waals surface area contributed by atoms with Gasteiger partial charge in [-0.2, -0.15) is 5.26 Å². The average molecular weight is 325 g/mol. The highest BCUT2D eigenvalue weighted by atomic mass is 79.9. The van der Waals surface area contributed by atoms with Gasteiger partial charge in [0.05, 0.1) is 0 Å². The Bertz CT molecular complexity index is 535. The quantitative estimate of drug-likeness (QED) is 0.512. The Morgan fingerprint density at radius 3 is 2.95 bits per heavy atom. The van der Waals surface area contributed by atoms with Gasteiger partial charge in [0.2, 0.25) is 0 Å². The first kappa shape index (κ1) is 15.4. The molecular formula is C14H14BrFN2O. The summed E-state index contributed by atoms with van der Waals surface area (Å²) in [5, 5.41) is 11.6. The molecule has 3 nitrogen and oxygen atoms in total. The van der Waals surface area contributed by atoms with E-state index in [1.165, 1.54) is 18.2 Å². The van der Waals surface area contributed by atoms with Crippen LogP contribution in [0.2, 0.25) is 0 Å². The largest absolute Gasteiger partial charge is 0.351 e. The van der Waals surface area contributed by atoms with E-state index in [0.717, 1.165) is 12.8 Å². The summed E-state index contributed by atoms with van der Waals surface area (Å²) in [5.74, 6) is -0.951. The number of unbranched alkanes of at least 4 members (excludes halogenated alkanes) is 1. The Morgan fingerprint density at radius 1 is 1.58 bits per heavy atom. The van der Waals surface area contributed by atoms with Crippen molar-refractivity contribution in [3.63, 3.8) is 0 Å². The number of rotatable bonds is 5. The number of carbonyl (C=O) groups is 1. The van der Waals surface area contributed by atoms with Gasteiger partial charge in [-0.3, -0.25) is 4.79 Å². The van der Waals surface area contributed by atoms with E-state index in [4.69, 9.17) is 5.26 Å². The monoisotopic (exact) mass is 324 g/mol. The predicted octanol–water partition coefficient (Wildman–Crippen LogP) is 3.41. The fourth-order valence-corrected chi connectivity index (χ4v) is 1.78. The summed E-state index contributed by atoms with van der Waals surface area (Å²) in [6.45, 7) is 2.51. The van der Waals surface area contributed by atoms with Gasteiger partial charge in [-0.25, -0.2) is 4.39 Å². The van der Waals surface area contributed by atoms with E-state index in [2.05, 4.69) is 21.2 Å². The summed E-state index contributed by atoms with van der Waals surface area (Å²) in [6.07, 6.45) is 3.04. The summed E-state index contributed by atoms with van der Waals surface area (Å²) in [5.41, 5.74) is 0.102. The van der Waals surface area contributed by atoms with Crippen LogP contribution in [-0.4, -0.2) is 12.5 Å². The molecule has 0 aromatic heterocycles. The minimum absolute atomic E-state index is 0.104. The van der Waals surface area contributed by atoms with E-state index in [1.54, 1.807) is 12.1 Å². The second kappa shape index (κ2) is 7.70. The summed E-state index contributed by atoms with van der Waals surface area (Å²) in [4.78, 5) is 11.7. The standard InChI is InChI=1S/C14H14BrFN2O/c1-2-3-6-18-14(19)11(9-17)7-10-8-12(15)4-5-13(10)16/h4-5,7-8H,2-3,6H2,1H3,(H,18,19)/b11-7-. The molecule has 0 atom stereocenters. The molecular weight excluding hydrogens is 311 g/mol. The van der Waals surface area contributed by atoms with Gasteiger partial charge in [0, 0.05) is 16.6 Å². The number of hydrogen-bond donors (Lipinski definition) is 1. The second-order valence-corrected chi connectivity index (χ2v) is 4.86. The van der Waals surface area contributed by atoms with Crippen molar-refractivity contribution in [2.45, 2.75) is 19.8 Å². The molecule has 0 bridgehead atoms. The van der Waals surface area contributed by atoms with Gasteiger partial charge in [-0.1, -0.05) is 29.3 Å². The van der Waals surface area contributed by atoms with E-state index in [9.17, 15) is 9.18 Å². The lowest BCUT2D eigenvalue weighted by Crippen LogP contribution is -2.25. The molecule has 1 aromatic carbocycles. The van der Waals surface area contributed by atoms with Gasteiger partial charge in [0.25, 0.3) is 5.91 Å². The summed E-state index contributed by atoms with van der Waals surface area (Å²) in [6, 6.07) is 6.14. The van der Waals surface area contributed by atoms with Crippen LogP contribution in [-0.2, 0) is 4.79 Å². The molecule has 0 aliphatic heterocycles. The highest BCUT2D eigenvalue weighted by Gasteiger charge is 2.10. The topological polar surface area (TPSA) is 52.9 Å². The zero-order chi connectivity index (χ0) is 14.3. The van der Waals surface area contributed by atoms with E-state index < -0.39 is 11.7 Å². The maximum Gasteiger partial charge on any atom is 0.261 e. The Hall–Kier alpha value is -1.67. The molecule has 1 aromatic rings. The van der Waals surface area contributed by atoms with Crippen LogP contribution in [0.25, 0.3) is 6.08 Å². The number of nitrogens with one attached hydrogen (secondary N) is 1. The molecule has 100 valence electrons. The van der Waals surface area contributed by atoms with E-state index in [-0.39, 0.29) is 11.1 Å². The predicted molar refractivity (Wildman–Crippen MR) is 75.6 cm³/mol. The number of halogens is 2. The van der Waals surface area contributed by atoms with Crippen molar-refractivity contribution in [2.24, 2.45) is 0 Å². The number of benzene rings is 1. The van der Waals surface area contributed by atoms with Gasteiger partial charge < -0.3 is 5.32 Å². The minimum atomic E-state index is -0.477. The van der Waals surface area contributed by atoms with Crippen molar-refractivity contribution in [3.8, 4) is 6.07 Å². The molecule has 1 amide bonds. The molecule has 1 N–H and O–H groups in total. The van der Waals surface area contributed by atoms with Crippen molar-refractivity contribution in [3.05, 3.63) is 39.6 Å². The number of amides is 1. The molecule has 0 heterocycles. The van der Waals surface area contributed by atoms with Gasteiger partial charge >= 0.3 is 0 Å². The highest BCUT2D eigenvalue weighted by Crippen LogP contribution is 2.18. The Labute approximate surface area is 120 Å². The minimum Gasteiger partial charge on any atom is -0.351 e. The second-order valence-electron chi connectivity index (χ2n) is 3.95. The average Bonchev–Trinajstić information content (AvgIpc) is 2.39. The molecule has 0 saturated carbocycles. The van der Waals surface area contributed by atoms with Gasteiger partial charge in [0.1, 0.15) is 17.5 Å². The third kappa shape index (κ3) is 4.84. The molecule has 0 aliphatic rings. The van der Waals surface area contributed by atoms with Crippen LogP contribution < -0.4 is 5.32 Å². The third-order valence-corrected chi connectivity index (χ3v) is 2.93. The van der Waals surface area contributed by atoms with E-state index >= 15 is 0 Å². The van der Waals surface area contributed by atoms with Gasteiger partial charge in [-0.05, 0) is 30.7 Å². The maximum absolute atomic E-state index is 13.5. The number of nitriles is 1. The molecule has 0 spiro atoms. The lowest BCUT2D eigenvalue weighted by Gasteiger charge is -2.03. The molecule has 19 heavy (non-hydrogen) atoms. The maximum atomic E-state index is 13.5. The first-order valence-corrected chi connectivity index (χ1v) is 6.72. The Kier molecular flexibility index (Phi) is 6.23. The molecule has 0 aliphatic carbocycles. The Morgan fingerprint density at radius 2 is 2.32 bits per heavy atom.